The monoisotopic (exact) mass is 309 g/mol. The van der Waals surface area contributed by atoms with Gasteiger partial charge in [0.25, 0.3) is 5.91 Å². The molecule has 7 heteroatoms. The standard InChI is InChI=1S/C16H15N5O2/c17-14(18)9-2-3-11-10(7-9)13(16(22,23)21-11)12-4-1-8-5-6-19-15(8)20-12/h1-7,13,21-23H,(H3,17,18)(H,19,20). The SMILES string of the molecule is N=C(N)c1ccc2c(c1)C(c1ccc3cc[nH]c3n1)C(O)(O)N2. The predicted molar refractivity (Wildman–Crippen MR) is 86.2 cm³/mol. The lowest BCUT2D eigenvalue weighted by molar-refractivity contribution is -0.141. The van der Waals surface area contributed by atoms with Crippen LogP contribution in [-0.2, 0) is 0 Å². The summed E-state index contributed by atoms with van der Waals surface area (Å²) in [6.07, 6.45) is 1.78. The summed E-state index contributed by atoms with van der Waals surface area (Å²) in [5.74, 6) is -3.03. The van der Waals surface area contributed by atoms with Crippen LogP contribution in [0.5, 0.6) is 0 Å². The molecule has 7 N–H and O–H groups in total. The summed E-state index contributed by atoms with van der Waals surface area (Å²) in [7, 11) is 0. The maximum atomic E-state index is 10.4. The highest BCUT2D eigenvalue weighted by Crippen LogP contribution is 2.44. The van der Waals surface area contributed by atoms with Crippen molar-refractivity contribution in [3.8, 4) is 0 Å². The van der Waals surface area contributed by atoms with E-state index in [0.717, 1.165) is 5.39 Å². The summed E-state index contributed by atoms with van der Waals surface area (Å²) in [5.41, 5.74) is 8.47. The number of aromatic amines is 1. The smallest absolute Gasteiger partial charge is 0.257 e. The number of rotatable bonds is 2. The number of nitrogens with two attached hydrogens (primary N) is 1. The van der Waals surface area contributed by atoms with Crippen molar-refractivity contribution < 1.29 is 10.2 Å². The van der Waals surface area contributed by atoms with Crippen LogP contribution in [0.1, 0.15) is 22.7 Å². The fraction of sp³-hybridized carbons (Fsp3) is 0.125. The molecule has 0 spiro atoms. The normalized spacial score (nSPS) is 18.6. The first-order chi connectivity index (χ1) is 11.0. The van der Waals surface area contributed by atoms with E-state index in [9.17, 15) is 10.2 Å². The number of anilines is 1. The second-order valence-electron chi connectivity index (χ2n) is 5.65. The van der Waals surface area contributed by atoms with Gasteiger partial charge >= 0.3 is 0 Å². The number of H-pyrrole nitrogens is 1. The molecule has 0 bridgehead atoms. The molecule has 0 aliphatic carbocycles. The summed E-state index contributed by atoms with van der Waals surface area (Å²) in [4.78, 5) is 7.50. The van der Waals surface area contributed by atoms with E-state index in [4.69, 9.17) is 11.1 Å². The van der Waals surface area contributed by atoms with Crippen LogP contribution in [0.4, 0.5) is 5.69 Å². The molecule has 116 valence electrons. The minimum atomic E-state index is -2.16. The number of hydrogen-bond donors (Lipinski definition) is 6. The molecule has 2 aromatic heterocycles. The maximum Gasteiger partial charge on any atom is 0.257 e. The Kier molecular flexibility index (Phi) is 2.72. The van der Waals surface area contributed by atoms with Crippen molar-refractivity contribution in [3.05, 3.63) is 59.4 Å². The fourth-order valence-electron chi connectivity index (χ4n) is 3.04. The Morgan fingerprint density at radius 1 is 1.22 bits per heavy atom. The highest BCUT2D eigenvalue weighted by molar-refractivity contribution is 5.96. The van der Waals surface area contributed by atoms with Gasteiger partial charge in [-0.15, -0.1) is 0 Å². The molecule has 0 fully saturated rings. The number of nitrogens with zero attached hydrogens (tertiary/aromatic N) is 1. The number of nitrogen functional groups attached to an aromatic ring is 1. The van der Waals surface area contributed by atoms with Crippen LogP contribution < -0.4 is 11.1 Å². The van der Waals surface area contributed by atoms with Crippen molar-refractivity contribution in [3.63, 3.8) is 0 Å². The third-order valence-corrected chi connectivity index (χ3v) is 4.12. The highest BCUT2D eigenvalue weighted by atomic mass is 16.5. The van der Waals surface area contributed by atoms with E-state index in [2.05, 4.69) is 15.3 Å². The van der Waals surface area contributed by atoms with Gasteiger partial charge in [-0.1, -0.05) is 0 Å². The quantitative estimate of drug-likeness (QED) is 0.239. The van der Waals surface area contributed by atoms with Crippen LogP contribution >= 0.6 is 0 Å². The number of aromatic nitrogens is 2. The zero-order chi connectivity index (χ0) is 16.2. The van der Waals surface area contributed by atoms with Gasteiger partial charge < -0.3 is 26.2 Å². The van der Waals surface area contributed by atoms with Gasteiger partial charge in [0.2, 0.25) is 0 Å². The molecule has 3 heterocycles. The Morgan fingerprint density at radius 2 is 2.04 bits per heavy atom. The molecule has 1 aromatic carbocycles. The van der Waals surface area contributed by atoms with Crippen molar-refractivity contribution >= 4 is 22.6 Å². The van der Waals surface area contributed by atoms with Gasteiger partial charge in [0.1, 0.15) is 17.4 Å². The lowest BCUT2D eigenvalue weighted by Gasteiger charge is -2.24. The highest BCUT2D eigenvalue weighted by Gasteiger charge is 2.45. The molecule has 23 heavy (non-hydrogen) atoms. The number of fused-ring (bicyclic) bond motifs is 2. The number of benzene rings is 1. The van der Waals surface area contributed by atoms with Crippen LogP contribution in [0.15, 0.2) is 42.6 Å². The Morgan fingerprint density at radius 3 is 2.83 bits per heavy atom. The fourth-order valence-corrected chi connectivity index (χ4v) is 3.04. The summed E-state index contributed by atoms with van der Waals surface area (Å²) in [6.45, 7) is 0. The number of aliphatic hydroxyl groups is 2. The molecule has 4 rings (SSSR count). The number of pyridine rings is 1. The molecule has 1 aliphatic heterocycles. The van der Waals surface area contributed by atoms with E-state index < -0.39 is 11.8 Å². The summed E-state index contributed by atoms with van der Waals surface area (Å²) < 4.78 is 0. The van der Waals surface area contributed by atoms with E-state index in [1.807, 2.05) is 12.1 Å². The van der Waals surface area contributed by atoms with E-state index >= 15 is 0 Å². The summed E-state index contributed by atoms with van der Waals surface area (Å²) in [6, 6.07) is 10.6. The van der Waals surface area contributed by atoms with Crippen LogP contribution in [0.25, 0.3) is 11.0 Å². The zero-order valence-corrected chi connectivity index (χ0v) is 12.0. The number of nitrogens with one attached hydrogen (secondary N) is 3. The largest absolute Gasteiger partial charge is 0.384 e. The van der Waals surface area contributed by atoms with Crippen LogP contribution in [0, 0.1) is 5.41 Å². The van der Waals surface area contributed by atoms with E-state index in [-0.39, 0.29) is 5.84 Å². The summed E-state index contributed by atoms with van der Waals surface area (Å²) >= 11 is 0. The zero-order valence-electron chi connectivity index (χ0n) is 12.0. The van der Waals surface area contributed by atoms with Gasteiger partial charge in [-0.3, -0.25) is 5.41 Å². The van der Waals surface area contributed by atoms with Gasteiger partial charge in [0, 0.05) is 22.8 Å². The first kappa shape index (κ1) is 13.7. The van der Waals surface area contributed by atoms with Crippen LogP contribution in [-0.4, -0.2) is 31.9 Å². The molecule has 7 nitrogen and oxygen atoms in total. The van der Waals surface area contributed by atoms with Crippen molar-refractivity contribution in [2.45, 2.75) is 11.8 Å². The minimum Gasteiger partial charge on any atom is -0.384 e. The molecule has 1 aliphatic rings. The van der Waals surface area contributed by atoms with E-state index in [1.165, 1.54) is 0 Å². The summed E-state index contributed by atoms with van der Waals surface area (Å²) in [5, 5.41) is 32.0. The Bertz CT molecular complexity index is 931. The lowest BCUT2D eigenvalue weighted by Crippen LogP contribution is -2.39. The molecule has 1 atom stereocenters. The van der Waals surface area contributed by atoms with Gasteiger partial charge in [-0.25, -0.2) is 4.98 Å². The number of hydrogen-bond acceptors (Lipinski definition) is 5. The van der Waals surface area contributed by atoms with Crippen LogP contribution in [0.2, 0.25) is 0 Å². The molecule has 3 aromatic rings. The number of amidine groups is 1. The van der Waals surface area contributed by atoms with Crippen molar-refractivity contribution in [2.24, 2.45) is 5.73 Å². The second kappa shape index (κ2) is 4.55. The topological polar surface area (TPSA) is 131 Å². The van der Waals surface area contributed by atoms with Crippen LogP contribution in [0.3, 0.4) is 0 Å². The van der Waals surface area contributed by atoms with Gasteiger partial charge in [0.15, 0.2) is 0 Å². The molecule has 0 amide bonds. The minimum absolute atomic E-state index is 0.0762. The third-order valence-electron chi connectivity index (χ3n) is 4.12. The average Bonchev–Trinajstić information content (AvgIpc) is 3.05. The van der Waals surface area contributed by atoms with Gasteiger partial charge in [-0.2, -0.15) is 0 Å². The Hall–Kier alpha value is -2.90. The molecular formula is C16H15N5O2. The molecule has 0 radical (unpaired) electrons. The lowest BCUT2D eigenvalue weighted by atomic mass is 9.92. The van der Waals surface area contributed by atoms with Crippen molar-refractivity contribution in [2.75, 3.05) is 5.32 Å². The first-order valence-corrected chi connectivity index (χ1v) is 7.11. The molecule has 0 saturated carbocycles. The Labute approximate surface area is 131 Å². The van der Waals surface area contributed by atoms with Crippen molar-refractivity contribution in [1.29, 1.82) is 5.41 Å². The van der Waals surface area contributed by atoms with Gasteiger partial charge in [0.05, 0.1) is 5.69 Å². The first-order valence-electron chi connectivity index (χ1n) is 7.11. The van der Waals surface area contributed by atoms with E-state index in [1.54, 1.807) is 30.5 Å². The van der Waals surface area contributed by atoms with Gasteiger partial charge in [-0.05, 0) is 42.0 Å². The van der Waals surface area contributed by atoms with Crippen molar-refractivity contribution in [1.82, 2.24) is 9.97 Å². The second-order valence-corrected chi connectivity index (χ2v) is 5.65. The molecule has 1 unspecified atom stereocenters. The maximum absolute atomic E-state index is 10.4. The molecular weight excluding hydrogens is 294 g/mol. The average molecular weight is 309 g/mol. The predicted octanol–water partition coefficient (Wildman–Crippen LogP) is 1.04. The third kappa shape index (κ3) is 2.06. The Balaban J connectivity index is 1.90. The van der Waals surface area contributed by atoms with E-state index in [0.29, 0.717) is 28.2 Å². The molecule has 0 saturated heterocycles.